The first-order valence-corrected chi connectivity index (χ1v) is 7.61. The number of anilines is 1. The Balaban J connectivity index is 1.88. The van der Waals surface area contributed by atoms with E-state index in [0.717, 1.165) is 20.5 Å². The van der Waals surface area contributed by atoms with Gasteiger partial charge >= 0.3 is 0 Å². The van der Waals surface area contributed by atoms with Crippen molar-refractivity contribution in [1.29, 1.82) is 0 Å². The fourth-order valence-electron chi connectivity index (χ4n) is 1.94. The van der Waals surface area contributed by atoms with Gasteiger partial charge in [-0.3, -0.25) is 0 Å². The molecule has 3 nitrogen and oxygen atoms in total. The fraction of sp³-hybridized carbons (Fsp3) is 0.143. The van der Waals surface area contributed by atoms with Crippen molar-refractivity contribution in [3.05, 3.63) is 52.1 Å². The average molecular weight is 334 g/mol. The zero-order valence-electron chi connectivity index (χ0n) is 10.3. The third kappa shape index (κ3) is 2.62. The first kappa shape index (κ1) is 12.6. The van der Waals surface area contributed by atoms with Crippen molar-refractivity contribution in [1.82, 2.24) is 9.97 Å². The highest BCUT2D eigenvalue weighted by molar-refractivity contribution is 9.10. The number of nitrogens with one attached hydrogen (secondary N) is 1. The number of hydrogen-bond donors (Lipinski definition) is 1. The highest BCUT2D eigenvalue weighted by atomic mass is 79.9. The Morgan fingerprint density at radius 2 is 1.95 bits per heavy atom. The molecule has 1 aromatic carbocycles. The summed E-state index contributed by atoms with van der Waals surface area (Å²) in [5, 5.41) is 6.56. The van der Waals surface area contributed by atoms with Gasteiger partial charge in [0.15, 0.2) is 0 Å². The summed E-state index contributed by atoms with van der Waals surface area (Å²) in [6, 6.07) is 10.6. The molecule has 0 aliphatic carbocycles. The Morgan fingerprint density at radius 3 is 2.74 bits per heavy atom. The summed E-state index contributed by atoms with van der Waals surface area (Å²) in [4.78, 5) is 9.61. The lowest BCUT2D eigenvalue weighted by Gasteiger charge is -2.15. The van der Waals surface area contributed by atoms with Crippen LogP contribution in [0.5, 0.6) is 0 Å². The van der Waals surface area contributed by atoms with Gasteiger partial charge in [0, 0.05) is 10.5 Å². The van der Waals surface area contributed by atoms with Crippen LogP contribution >= 0.6 is 27.3 Å². The molecule has 3 rings (SSSR count). The lowest BCUT2D eigenvalue weighted by atomic mass is 10.1. The Kier molecular flexibility index (Phi) is 3.48. The summed E-state index contributed by atoms with van der Waals surface area (Å²) in [7, 11) is 0. The number of nitrogens with zero attached hydrogens (tertiary/aromatic N) is 2. The number of halogens is 1. The SMILES string of the molecule is C[C@@H](Nc1ncnc2sccc12)c1ccc(Br)cc1. The molecule has 3 aromatic rings. The van der Waals surface area contributed by atoms with Gasteiger partial charge in [-0.15, -0.1) is 11.3 Å². The van der Waals surface area contributed by atoms with Crippen molar-refractivity contribution < 1.29 is 0 Å². The molecule has 0 spiro atoms. The van der Waals surface area contributed by atoms with E-state index in [1.54, 1.807) is 17.7 Å². The number of thiophene rings is 1. The fourth-order valence-corrected chi connectivity index (χ4v) is 2.94. The maximum atomic E-state index is 4.34. The second kappa shape index (κ2) is 5.27. The molecule has 5 heteroatoms. The number of hydrogen-bond acceptors (Lipinski definition) is 4. The molecule has 0 bridgehead atoms. The van der Waals surface area contributed by atoms with Gasteiger partial charge in [-0.1, -0.05) is 28.1 Å². The third-order valence-corrected chi connectivity index (χ3v) is 4.33. The minimum atomic E-state index is 0.200. The predicted octanol–water partition coefficient (Wildman–Crippen LogP) is 4.63. The smallest absolute Gasteiger partial charge is 0.138 e. The van der Waals surface area contributed by atoms with Crippen molar-refractivity contribution in [3.63, 3.8) is 0 Å². The van der Waals surface area contributed by atoms with E-state index in [1.807, 2.05) is 17.5 Å². The van der Waals surface area contributed by atoms with Crippen LogP contribution in [0.15, 0.2) is 46.5 Å². The quantitative estimate of drug-likeness (QED) is 0.759. The van der Waals surface area contributed by atoms with Gasteiger partial charge in [0.05, 0.1) is 5.39 Å². The van der Waals surface area contributed by atoms with Crippen molar-refractivity contribution in [3.8, 4) is 0 Å². The lowest BCUT2D eigenvalue weighted by molar-refractivity contribution is 0.876. The molecule has 1 atom stereocenters. The molecular weight excluding hydrogens is 322 g/mol. The van der Waals surface area contributed by atoms with E-state index in [0.29, 0.717) is 0 Å². The molecule has 2 aromatic heterocycles. The number of fused-ring (bicyclic) bond motifs is 1. The van der Waals surface area contributed by atoms with E-state index < -0.39 is 0 Å². The lowest BCUT2D eigenvalue weighted by Crippen LogP contribution is -2.08. The molecule has 0 saturated heterocycles. The highest BCUT2D eigenvalue weighted by Gasteiger charge is 2.09. The summed E-state index contributed by atoms with van der Waals surface area (Å²) in [5.74, 6) is 0.890. The van der Waals surface area contributed by atoms with Gasteiger partial charge in [-0.25, -0.2) is 9.97 Å². The summed E-state index contributed by atoms with van der Waals surface area (Å²) >= 11 is 5.08. The highest BCUT2D eigenvalue weighted by Crippen LogP contribution is 2.27. The molecule has 96 valence electrons. The molecule has 0 unspecified atom stereocenters. The van der Waals surface area contributed by atoms with Crippen LogP contribution in [0.4, 0.5) is 5.82 Å². The molecule has 0 aliphatic rings. The zero-order chi connectivity index (χ0) is 13.2. The van der Waals surface area contributed by atoms with E-state index in [4.69, 9.17) is 0 Å². The van der Waals surface area contributed by atoms with Crippen LogP contribution < -0.4 is 5.32 Å². The van der Waals surface area contributed by atoms with Crippen molar-refractivity contribution in [2.45, 2.75) is 13.0 Å². The monoisotopic (exact) mass is 333 g/mol. The number of aromatic nitrogens is 2. The molecule has 0 radical (unpaired) electrons. The molecular formula is C14H12BrN3S. The maximum absolute atomic E-state index is 4.34. The molecule has 0 amide bonds. The molecule has 0 aliphatic heterocycles. The normalized spacial score (nSPS) is 12.5. The van der Waals surface area contributed by atoms with Crippen LogP contribution in [-0.4, -0.2) is 9.97 Å². The third-order valence-electron chi connectivity index (χ3n) is 2.98. The molecule has 2 heterocycles. The summed E-state index contributed by atoms with van der Waals surface area (Å²) in [6.07, 6.45) is 1.61. The molecule has 0 saturated carbocycles. The van der Waals surface area contributed by atoms with Gasteiger partial charge in [-0.2, -0.15) is 0 Å². The van der Waals surface area contributed by atoms with Crippen LogP contribution in [-0.2, 0) is 0 Å². The molecule has 0 fully saturated rings. The second-order valence-corrected chi connectivity index (χ2v) is 6.09. The van der Waals surface area contributed by atoms with Crippen LogP contribution in [0.3, 0.4) is 0 Å². The second-order valence-electron chi connectivity index (χ2n) is 4.28. The molecule has 19 heavy (non-hydrogen) atoms. The average Bonchev–Trinajstić information content (AvgIpc) is 2.89. The minimum Gasteiger partial charge on any atom is -0.363 e. The van der Waals surface area contributed by atoms with Gasteiger partial charge in [-0.05, 0) is 36.1 Å². The van der Waals surface area contributed by atoms with Crippen LogP contribution in [0, 0.1) is 0 Å². The number of rotatable bonds is 3. The minimum absolute atomic E-state index is 0.200. The van der Waals surface area contributed by atoms with E-state index in [2.05, 4.69) is 56.3 Å². The Labute approximate surface area is 123 Å². The predicted molar refractivity (Wildman–Crippen MR) is 83.6 cm³/mol. The van der Waals surface area contributed by atoms with E-state index in [9.17, 15) is 0 Å². The molecule has 1 N–H and O–H groups in total. The van der Waals surface area contributed by atoms with Crippen molar-refractivity contribution >= 4 is 43.3 Å². The Hall–Kier alpha value is -1.46. The Morgan fingerprint density at radius 1 is 1.16 bits per heavy atom. The van der Waals surface area contributed by atoms with Crippen LogP contribution in [0.25, 0.3) is 10.2 Å². The first-order chi connectivity index (χ1) is 9.24. The summed E-state index contributed by atoms with van der Waals surface area (Å²) < 4.78 is 1.09. The largest absolute Gasteiger partial charge is 0.363 e. The zero-order valence-corrected chi connectivity index (χ0v) is 12.7. The van der Waals surface area contributed by atoms with Crippen LogP contribution in [0.1, 0.15) is 18.5 Å². The van der Waals surface area contributed by atoms with Gasteiger partial charge in [0.2, 0.25) is 0 Å². The topological polar surface area (TPSA) is 37.8 Å². The maximum Gasteiger partial charge on any atom is 0.138 e. The van der Waals surface area contributed by atoms with Gasteiger partial charge in [0.25, 0.3) is 0 Å². The summed E-state index contributed by atoms with van der Waals surface area (Å²) in [5.41, 5.74) is 1.23. The standard InChI is InChI=1S/C14H12BrN3S/c1-9(10-2-4-11(15)5-3-10)18-13-12-6-7-19-14(12)17-8-16-13/h2-9H,1H3,(H,16,17,18)/t9-/m1/s1. The van der Waals surface area contributed by atoms with Crippen molar-refractivity contribution in [2.75, 3.05) is 5.32 Å². The Bertz CT molecular complexity index is 693. The van der Waals surface area contributed by atoms with Crippen molar-refractivity contribution in [2.24, 2.45) is 0 Å². The van der Waals surface area contributed by atoms with E-state index in [-0.39, 0.29) is 6.04 Å². The van der Waals surface area contributed by atoms with E-state index in [1.165, 1.54) is 5.56 Å². The van der Waals surface area contributed by atoms with Gasteiger partial charge in [0.1, 0.15) is 17.0 Å². The van der Waals surface area contributed by atoms with Gasteiger partial charge < -0.3 is 5.32 Å². The summed E-state index contributed by atoms with van der Waals surface area (Å²) in [6.45, 7) is 2.13. The first-order valence-electron chi connectivity index (χ1n) is 5.94. The number of benzene rings is 1. The van der Waals surface area contributed by atoms with Crippen LogP contribution in [0.2, 0.25) is 0 Å². The van der Waals surface area contributed by atoms with E-state index >= 15 is 0 Å².